The standard InChI is InChI=1S/C18H20BrClN4O3/c19-12-4-6-21-15(9-12)27-13-5-7-23(11-13)14-10-22-24(18(25)17(14)20)16-3-1-2-8-26-16/h4,6,9-10,13,16H,1-3,5,7-8,11H2/t13-,16?/m1/s1. The Morgan fingerprint density at radius 3 is 3.00 bits per heavy atom. The van der Waals surface area contributed by atoms with Crippen molar-refractivity contribution in [3.05, 3.63) is 44.4 Å². The molecule has 2 fully saturated rings. The largest absolute Gasteiger partial charge is 0.472 e. The third-order valence-electron chi connectivity index (χ3n) is 4.82. The number of hydrogen-bond donors (Lipinski definition) is 0. The molecule has 144 valence electrons. The van der Waals surface area contributed by atoms with Crippen molar-refractivity contribution >= 4 is 33.2 Å². The van der Waals surface area contributed by atoms with Gasteiger partial charge in [-0.1, -0.05) is 27.5 Å². The second-order valence-corrected chi connectivity index (χ2v) is 8.00. The first-order valence-electron chi connectivity index (χ1n) is 9.04. The topological polar surface area (TPSA) is 69.5 Å². The zero-order valence-electron chi connectivity index (χ0n) is 14.7. The van der Waals surface area contributed by atoms with Gasteiger partial charge in [0.1, 0.15) is 11.1 Å². The van der Waals surface area contributed by atoms with Gasteiger partial charge in [0, 0.05) is 36.3 Å². The Balaban J connectivity index is 1.47. The van der Waals surface area contributed by atoms with E-state index in [0.717, 1.165) is 36.7 Å². The fourth-order valence-electron chi connectivity index (χ4n) is 3.44. The molecule has 1 unspecified atom stereocenters. The molecule has 0 aromatic carbocycles. The Morgan fingerprint density at radius 1 is 1.33 bits per heavy atom. The van der Waals surface area contributed by atoms with Crippen molar-refractivity contribution in [2.45, 2.75) is 38.0 Å². The number of rotatable bonds is 4. The Hall–Kier alpha value is -1.64. The molecule has 2 aromatic heterocycles. The lowest BCUT2D eigenvalue weighted by atomic mass is 10.2. The predicted molar refractivity (Wildman–Crippen MR) is 106 cm³/mol. The van der Waals surface area contributed by atoms with Gasteiger partial charge in [0.05, 0.1) is 18.4 Å². The van der Waals surface area contributed by atoms with E-state index in [0.29, 0.717) is 24.7 Å². The van der Waals surface area contributed by atoms with E-state index in [-0.39, 0.29) is 22.9 Å². The maximum Gasteiger partial charge on any atom is 0.290 e. The summed E-state index contributed by atoms with van der Waals surface area (Å²) in [5, 5.41) is 4.50. The van der Waals surface area contributed by atoms with Crippen molar-refractivity contribution < 1.29 is 9.47 Å². The Bertz CT molecular complexity index is 872. The number of halogens is 2. The lowest BCUT2D eigenvalue weighted by Gasteiger charge is -2.25. The molecule has 4 rings (SSSR count). The molecule has 2 atom stereocenters. The minimum atomic E-state index is -0.324. The molecule has 27 heavy (non-hydrogen) atoms. The summed E-state index contributed by atoms with van der Waals surface area (Å²) in [6.07, 6.45) is 6.64. The molecule has 2 saturated heterocycles. The Morgan fingerprint density at radius 2 is 2.22 bits per heavy atom. The summed E-state index contributed by atoms with van der Waals surface area (Å²) in [6.45, 7) is 2.01. The van der Waals surface area contributed by atoms with Crippen LogP contribution in [0.2, 0.25) is 5.02 Å². The molecule has 4 heterocycles. The Kier molecular flexibility index (Phi) is 5.66. The SMILES string of the molecule is O=c1c(Cl)c(N2CC[C@@H](Oc3cc(Br)ccn3)C2)cnn1C1CCCCO1. The van der Waals surface area contributed by atoms with Crippen LogP contribution in [-0.2, 0) is 4.74 Å². The first-order valence-corrected chi connectivity index (χ1v) is 10.2. The van der Waals surface area contributed by atoms with Crippen LogP contribution >= 0.6 is 27.5 Å². The second kappa shape index (κ2) is 8.16. The highest BCUT2D eigenvalue weighted by Crippen LogP contribution is 2.28. The summed E-state index contributed by atoms with van der Waals surface area (Å²) in [6, 6.07) is 3.69. The van der Waals surface area contributed by atoms with Gasteiger partial charge in [0.2, 0.25) is 5.88 Å². The van der Waals surface area contributed by atoms with Gasteiger partial charge in [0.15, 0.2) is 6.23 Å². The van der Waals surface area contributed by atoms with Gasteiger partial charge in [-0.15, -0.1) is 0 Å². The van der Waals surface area contributed by atoms with E-state index < -0.39 is 0 Å². The highest BCUT2D eigenvalue weighted by Gasteiger charge is 2.28. The molecule has 0 saturated carbocycles. The third-order valence-corrected chi connectivity index (χ3v) is 5.67. The number of ether oxygens (including phenoxy) is 2. The van der Waals surface area contributed by atoms with Crippen LogP contribution in [0.5, 0.6) is 5.88 Å². The molecule has 2 aliphatic heterocycles. The number of anilines is 1. The van der Waals surface area contributed by atoms with Crippen molar-refractivity contribution in [2.75, 3.05) is 24.6 Å². The molecule has 0 N–H and O–H groups in total. The van der Waals surface area contributed by atoms with Gasteiger partial charge in [-0.05, 0) is 25.3 Å². The van der Waals surface area contributed by atoms with Crippen molar-refractivity contribution in [2.24, 2.45) is 0 Å². The first kappa shape index (κ1) is 18.7. The maximum atomic E-state index is 12.7. The summed E-state index contributed by atoms with van der Waals surface area (Å²) < 4.78 is 13.9. The van der Waals surface area contributed by atoms with Crippen LogP contribution in [0.3, 0.4) is 0 Å². The van der Waals surface area contributed by atoms with E-state index in [2.05, 4.69) is 26.0 Å². The van der Waals surface area contributed by atoms with E-state index >= 15 is 0 Å². The van der Waals surface area contributed by atoms with Crippen molar-refractivity contribution in [3.63, 3.8) is 0 Å². The summed E-state index contributed by atoms with van der Waals surface area (Å²) in [5.41, 5.74) is 0.334. The molecule has 0 bridgehead atoms. The van der Waals surface area contributed by atoms with E-state index in [1.807, 2.05) is 17.0 Å². The fourth-order valence-corrected chi connectivity index (χ4v) is 4.01. The summed E-state index contributed by atoms with van der Waals surface area (Å²) >= 11 is 9.81. The summed E-state index contributed by atoms with van der Waals surface area (Å²) in [5.74, 6) is 0.574. The second-order valence-electron chi connectivity index (χ2n) is 6.70. The van der Waals surface area contributed by atoms with E-state index in [1.165, 1.54) is 4.68 Å². The molecule has 2 aliphatic rings. The summed E-state index contributed by atoms with van der Waals surface area (Å²) in [7, 11) is 0. The monoisotopic (exact) mass is 454 g/mol. The van der Waals surface area contributed by atoms with Gasteiger partial charge in [-0.25, -0.2) is 4.98 Å². The van der Waals surface area contributed by atoms with Crippen molar-refractivity contribution in [1.29, 1.82) is 0 Å². The van der Waals surface area contributed by atoms with Crippen LogP contribution < -0.4 is 15.2 Å². The van der Waals surface area contributed by atoms with Crippen LogP contribution in [0.25, 0.3) is 0 Å². The van der Waals surface area contributed by atoms with Crippen LogP contribution in [0, 0.1) is 0 Å². The molecule has 2 aromatic rings. The van der Waals surface area contributed by atoms with Gasteiger partial charge in [0.25, 0.3) is 5.56 Å². The van der Waals surface area contributed by atoms with Gasteiger partial charge < -0.3 is 14.4 Å². The normalized spacial score (nSPS) is 22.8. The van der Waals surface area contributed by atoms with E-state index in [1.54, 1.807) is 12.4 Å². The lowest BCUT2D eigenvalue weighted by Crippen LogP contribution is -2.33. The van der Waals surface area contributed by atoms with Crippen LogP contribution in [0.15, 0.2) is 33.8 Å². The molecule has 0 spiro atoms. The average Bonchev–Trinajstić information content (AvgIpc) is 3.13. The average molecular weight is 456 g/mol. The minimum absolute atomic E-state index is 0.0213. The molecule has 0 aliphatic carbocycles. The summed E-state index contributed by atoms with van der Waals surface area (Å²) in [4.78, 5) is 18.9. The number of pyridine rings is 1. The molecule has 0 radical (unpaired) electrons. The van der Waals surface area contributed by atoms with Crippen molar-refractivity contribution in [3.8, 4) is 5.88 Å². The first-order chi connectivity index (χ1) is 13.1. The zero-order chi connectivity index (χ0) is 18.8. The Labute approximate surface area is 170 Å². The van der Waals surface area contributed by atoms with E-state index in [4.69, 9.17) is 21.1 Å². The number of aromatic nitrogens is 3. The maximum absolute atomic E-state index is 12.7. The predicted octanol–water partition coefficient (Wildman–Crippen LogP) is 3.41. The third kappa shape index (κ3) is 4.12. The number of nitrogens with zero attached hydrogens (tertiary/aromatic N) is 4. The molecule has 7 nitrogen and oxygen atoms in total. The van der Waals surface area contributed by atoms with Crippen LogP contribution in [0.1, 0.15) is 31.9 Å². The molecule has 0 amide bonds. The highest BCUT2D eigenvalue weighted by molar-refractivity contribution is 9.10. The van der Waals surface area contributed by atoms with Gasteiger partial charge >= 0.3 is 0 Å². The van der Waals surface area contributed by atoms with Crippen LogP contribution in [-0.4, -0.2) is 40.6 Å². The fraction of sp³-hybridized carbons (Fsp3) is 0.500. The molecule has 9 heteroatoms. The lowest BCUT2D eigenvalue weighted by molar-refractivity contribution is -0.0424. The van der Waals surface area contributed by atoms with Gasteiger partial charge in [-0.3, -0.25) is 4.79 Å². The highest BCUT2D eigenvalue weighted by atomic mass is 79.9. The minimum Gasteiger partial charge on any atom is -0.472 e. The van der Waals surface area contributed by atoms with Gasteiger partial charge in [-0.2, -0.15) is 9.78 Å². The zero-order valence-corrected chi connectivity index (χ0v) is 17.0. The van der Waals surface area contributed by atoms with Crippen molar-refractivity contribution in [1.82, 2.24) is 14.8 Å². The van der Waals surface area contributed by atoms with Crippen LogP contribution in [0.4, 0.5) is 5.69 Å². The molecular formula is C18H20BrClN4O3. The smallest absolute Gasteiger partial charge is 0.290 e. The van der Waals surface area contributed by atoms with E-state index in [9.17, 15) is 4.79 Å². The molecular weight excluding hydrogens is 436 g/mol. The quantitative estimate of drug-likeness (QED) is 0.704. The number of hydrogen-bond acceptors (Lipinski definition) is 6.